The zero-order valence-electron chi connectivity index (χ0n) is 16.5. The van der Waals surface area contributed by atoms with Crippen LogP contribution >= 0.6 is 15.9 Å². The summed E-state index contributed by atoms with van der Waals surface area (Å²) in [5.41, 5.74) is 4.66. The first-order chi connectivity index (χ1) is 12.3. The van der Waals surface area contributed by atoms with Gasteiger partial charge in [-0.2, -0.15) is 5.10 Å². The zero-order chi connectivity index (χ0) is 19.3. The lowest BCUT2D eigenvalue weighted by molar-refractivity contribution is -0.121. The summed E-state index contributed by atoms with van der Waals surface area (Å²) >= 11 is 3.44. The molecule has 26 heavy (non-hydrogen) atoms. The summed E-state index contributed by atoms with van der Waals surface area (Å²) < 4.78 is 3.14. The van der Waals surface area contributed by atoms with Gasteiger partial charge in [0.25, 0.3) is 0 Å². The van der Waals surface area contributed by atoms with E-state index in [0.717, 1.165) is 29.6 Å². The molecule has 0 aliphatic carbocycles. The van der Waals surface area contributed by atoms with Crippen molar-refractivity contribution in [3.05, 3.63) is 51.3 Å². The summed E-state index contributed by atoms with van der Waals surface area (Å²) in [5.74, 6) is 0.661. The molecule has 0 radical (unpaired) electrons. The Bertz CT molecular complexity index is 734. The Kier molecular flexibility index (Phi) is 7.44. The first kappa shape index (κ1) is 20.7. The number of nitrogens with one attached hydrogen (secondary N) is 1. The van der Waals surface area contributed by atoms with E-state index in [2.05, 4.69) is 70.9 Å². The van der Waals surface area contributed by atoms with Crippen molar-refractivity contribution in [1.29, 1.82) is 0 Å². The number of rotatable bonds is 8. The van der Waals surface area contributed by atoms with Crippen LogP contribution in [0.4, 0.5) is 0 Å². The van der Waals surface area contributed by atoms with Crippen molar-refractivity contribution in [2.24, 2.45) is 5.92 Å². The van der Waals surface area contributed by atoms with E-state index in [0.29, 0.717) is 12.3 Å². The fraction of sp³-hybridized carbons (Fsp3) is 0.524. The summed E-state index contributed by atoms with van der Waals surface area (Å²) in [7, 11) is 0. The molecule has 2 aromatic rings. The first-order valence-electron chi connectivity index (χ1n) is 9.33. The third-order valence-corrected chi connectivity index (χ3v) is 5.06. The maximum absolute atomic E-state index is 12.3. The van der Waals surface area contributed by atoms with E-state index in [1.807, 2.05) is 19.1 Å². The van der Waals surface area contributed by atoms with Crippen LogP contribution in [0.3, 0.4) is 0 Å². The van der Waals surface area contributed by atoms with E-state index in [1.165, 1.54) is 16.8 Å². The van der Waals surface area contributed by atoms with Crippen molar-refractivity contribution in [3.8, 4) is 0 Å². The number of benzene rings is 1. The molecule has 0 saturated heterocycles. The lowest BCUT2D eigenvalue weighted by Gasteiger charge is -2.14. The Morgan fingerprint density at radius 1 is 1.19 bits per heavy atom. The fourth-order valence-corrected chi connectivity index (χ4v) is 3.49. The van der Waals surface area contributed by atoms with E-state index in [9.17, 15) is 4.79 Å². The first-order valence-corrected chi connectivity index (χ1v) is 10.1. The number of carbonyl (C=O) groups is 1. The third-order valence-electron chi connectivity index (χ3n) is 4.53. The Hall–Kier alpha value is -1.62. The summed E-state index contributed by atoms with van der Waals surface area (Å²) in [5, 5.41) is 7.75. The second-order valence-electron chi connectivity index (χ2n) is 7.52. The van der Waals surface area contributed by atoms with Crippen molar-refractivity contribution < 1.29 is 4.79 Å². The van der Waals surface area contributed by atoms with E-state index < -0.39 is 0 Å². The van der Waals surface area contributed by atoms with Crippen LogP contribution in [0.25, 0.3) is 0 Å². The van der Waals surface area contributed by atoms with Crippen LogP contribution in [0.15, 0.2) is 28.7 Å². The van der Waals surface area contributed by atoms with Gasteiger partial charge >= 0.3 is 0 Å². The van der Waals surface area contributed by atoms with Gasteiger partial charge in [-0.25, -0.2) is 0 Å². The molecule has 1 N–H and O–H groups in total. The van der Waals surface area contributed by atoms with E-state index in [4.69, 9.17) is 0 Å². The molecule has 5 heteroatoms. The Morgan fingerprint density at radius 2 is 1.85 bits per heavy atom. The van der Waals surface area contributed by atoms with E-state index in [-0.39, 0.29) is 11.9 Å². The van der Waals surface area contributed by atoms with Gasteiger partial charge in [-0.3, -0.25) is 9.48 Å². The van der Waals surface area contributed by atoms with Gasteiger partial charge in [-0.05, 0) is 62.8 Å². The summed E-state index contributed by atoms with van der Waals surface area (Å²) in [4.78, 5) is 12.3. The number of amides is 1. The molecule has 0 aliphatic heterocycles. The predicted octanol–water partition coefficient (Wildman–Crippen LogP) is 4.60. The topological polar surface area (TPSA) is 46.9 Å². The monoisotopic (exact) mass is 419 g/mol. The quantitative estimate of drug-likeness (QED) is 0.679. The lowest BCUT2D eigenvalue weighted by Crippen LogP contribution is -2.34. The van der Waals surface area contributed by atoms with Gasteiger partial charge < -0.3 is 5.32 Å². The van der Waals surface area contributed by atoms with Crippen molar-refractivity contribution in [2.45, 2.75) is 66.5 Å². The minimum absolute atomic E-state index is 0.102. The molecule has 1 atom stereocenters. The Balaban J connectivity index is 1.86. The summed E-state index contributed by atoms with van der Waals surface area (Å²) in [6.07, 6.45) is 2.08. The second kappa shape index (κ2) is 9.36. The van der Waals surface area contributed by atoms with Gasteiger partial charge in [0.15, 0.2) is 0 Å². The molecule has 1 aromatic carbocycles. The predicted molar refractivity (Wildman–Crippen MR) is 110 cm³/mol. The normalized spacial score (nSPS) is 12.4. The van der Waals surface area contributed by atoms with Crippen LogP contribution in [0.1, 0.15) is 49.7 Å². The minimum Gasteiger partial charge on any atom is -0.353 e. The van der Waals surface area contributed by atoms with Gasteiger partial charge in [-0.15, -0.1) is 0 Å². The molecule has 0 spiro atoms. The number of nitrogens with zero attached hydrogens (tertiary/aromatic N) is 2. The molecule has 1 aromatic heterocycles. The molecular formula is C21H30BrN3O. The van der Waals surface area contributed by atoms with Gasteiger partial charge in [0.05, 0.1) is 5.69 Å². The van der Waals surface area contributed by atoms with Gasteiger partial charge in [0.2, 0.25) is 5.91 Å². The summed E-state index contributed by atoms with van der Waals surface area (Å²) in [6.45, 7) is 11.5. The number of halogens is 1. The van der Waals surface area contributed by atoms with Crippen LogP contribution < -0.4 is 5.32 Å². The number of hydrogen-bond donors (Lipinski definition) is 1. The minimum atomic E-state index is 0.102. The van der Waals surface area contributed by atoms with E-state index >= 15 is 0 Å². The standard InChI is InChI=1S/C21H30BrN3O/c1-14(2)13-25-17(5)20(16(4)24-25)10-11-21(26)23-15(3)12-18-6-8-19(22)9-7-18/h6-9,14-15H,10-13H2,1-5H3,(H,23,26). The highest BCUT2D eigenvalue weighted by Crippen LogP contribution is 2.17. The highest BCUT2D eigenvalue weighted by molar-refractivity contribution is 9.10. The molecule has 0 aliphatic rings. The highest BCUT2D eigenvalue weighted by Gasteiger charge is 2.15. The Morgan fingerprint density at radius 3 is 2.46 bits per heavy atom. The summed E-state index contributed by atoms with van der Waals surface area (Å²) in [6, 6.07) is 8.36. The maximum atomic E-state index is 12.3. The van der Waals surface area contributed by atoms with Crippen LogP contribution in [-0.4, -0.2) is 21.7 Å². The average Bonchev–Trinajstić information content (AvgIpc) is 2.81. The molecule has 1 unspecified atom stereocenters. The number of hydrogen-bond acceptors (Lipinski definition) is 2. The smallest absolute Gasteiger partial charge is 0.220 e. The molecule has 0 saturated carbocycles. The molecule has 0 fully saturated rings. The van der Waals surface area contributed by atoms with Gasteiger partial charge in [0, 0.05) is 29.2 Å². The molecule has 2 rings (SSSR count). The van der Waals surface area contributed by atoms with Crippen molar-refractivity contribution in [2.75, 3.05) is 0 Å². The van der Waals surface area contributed by atoms with Crippen molar-refractivity contribution >= 4 is 21.8 Å². The molecule has 1 heterocycles. The largest absolute Gasteiger partial charge is 0.353 e. The van der Waals surface area contributed by atoms with Gasteiger partial charge in [0.1, 0.15) is 0 Å². The fourth-order valence-electron chi connectivity index (χ4n) is 3.23. The van der Waals surface area contributed by atoms with Crippen molar-refractivity contribution in [1.82, 2.24) is 15.1 Å². The van der Waals surface area contributed by atoms with Gasteiger partial charge in [-0.1, -0.05) is 41.9 Å². The molecule has 142 valence electrons. The highest BCUT2D eigenvalue weighted by atomic mass is 79.9. The van der Waals surface area contributed by atoms with Crippen LogP contribution in [0.2, 0.25) is 0 Å². The number of aryl methyl sites for hydroxylation is 1. The van der Waals surface area contributed by atoms with Crippen molar-refractivity contribution in [3.63, 3.8) is 0 Å². The van der Waals surface area contributed by atoms with Crippen LogP contribution in [0, 0.1) is 19.8 Å². The zero-order valence-corrected chi connectivity index (χ0v) is 18.1. The molecule has 4 nitrogen and oxygen atoms in total. The molecular weight excluding hydrogens is 390 g/mol. The number of aromatic nitrogens is 2. The van der Waals surface area contributed by atoms with Crippen LogP contribution in [0.5, 0.6) is 0 Å². The Labute approximate surface area is 165 Å². The second-order valence-corrected chi connectivity index (χ2v) is 8.44. The van der Waals surface area contributed by atoms with Crippen LogP contribution in [-0.2, 0) is 24.2 Å². The maximum Gasteiger partial charge on any atom is 0.220 e. The molecule has 0 bridgehead atoms. The molecule has 1 amide bonds. The van der Waals surface area contributed by atoms with E-state index in [1.54, 1.807) is 0 Å². The third kappa shape index (κ3) is 5.97. The SMILES string of the molecule is Cc1nn(CC(C)C)c(C)c1CCC(=O)NC(C)Cc1ccc(Br)cc1. The average molecular weight is 420 g/mol. The lowest BCUT2D eigenvalue weighted by atomic mass is 10.1. The number of carbonyl (C=O) groups excluding carboxylic acids is 1.